The molecule has 0 unspecified atom stereocenters. The molecule has 2 aliphatic rings. The topological polar surface area (TPSA) is 136 Å². The Bertz CT molecular complexity index is 1510. The maximum absolute atomic E-state index is 12.9. The van der Waals surface area contributed by atoms with Gasteiger partial charge in [0.25, 0.3) is 0 Å². The zero-order chi connectivity index (χ0) is 28.8. The second kappa shape index (κ2) is 10.8. The first-order valence-corrected chi connectivity index (χ1v) is 15.7. The Morgan fingerprint density at radius 3 is 2.50 bits per heavy atom. The maximum atomic E-state index is 12.9. The first-order valence-electron chi connectivity index (χ1n) is 13.4. The van der Waals surface area contributed by atoms with Crippen molar-refractivity contribution in [3.63, 3.8) is 0 Å². The minimum atomic E-state index is -3.70. The SMILES string of the molecule is C[C@@H]1C[C@H]1CN(CC(=O)C1CC1)c1cc(-c2nnc([C@](C)(N)Cc3ccccc3)o2)c(Cl)c(N(C)S(C)(=O)=O)n1. The van der Waals surface area contributed by atoms with Crippen molar-refractivity contribution < 1.29 is 17.6 Å². The molecule has 2 aliphatic carbocycles. The predicted molar refractivity (Wildman–Crippen MR) is 155 cm³/mol. The molecule has 3 aromatic rings. The van der Waals surface area contributed by atoms with Crippen molar-refractivity contribution >= 4 is 39.0 Å². The molecule has 10 nitrogen and oxygen atoms in total. The number of anilines is 2. The zero-order valence-electron chi connectivity index (χ0n) is 23.2. The van der Waals surface area contributed by atoms with Crippen LogP contribution in [0.1, 0.15) is 44.6 Å². The molecule has 1 aromatic carbocycles. The minimum absolute atomic E-state index is 0.0175. The minimum Gasteiger partial charge on any atom is -0.419 e. The van der Waals surface area contributed by atoms with Gasteiger partial charge in [-0.2, -0.15) is 0 Å². The van der Waals surface area contributed by atoms with E-state index < -0.39 is 15.6 Å². The molecule has 3 atom stereocenters. The Balaban J connectivity index is 1.55. The summed E-state index contributed by atoms with van der Waals surface area (Å²) in [4.78, 5) is 19.5. The number of Topliss-reactive ketones (excluding diaryl/α,β-unsaturated/α-hetero) is 1. The molecule has 0 bridgehead atoms. The number of nitrogens with zero attached hydrogens (tertiary/aromatic N) is 5. The number of carbonyl (C=O) groups excluding carboxylic acids is 1. The van der Waals surface area contributed by atoms with Crippen LogP contribution < -0.4 is 14.9 Å². The molecule has 2 aromatic heterocycles. The van der Waals surface area contributed by atoms with E-state index in [4.69, 9.17) is 21.8 Å². The van der Waals surface area contributed by atoms with E-state index in [0.29, 0.717) is 36.2 Å². The van der Waals surface area contributed by atoms with Crippen LogP contribution in [-0.4, -0.2) is 55.8 Å². The lowest BCUT2D eigenvalue weighted by Crippen LogP contribution is -2.35. The Labute approximate surface area is 240 Å². The molecule has 0 radical (unpaired) electrons. The first kappa shape index (κ1) is 28.5. The Hall–Kier alpha value is -3.02. The van der Waals surface area contributed by atoms with Gasteiger partial charge in [-0.25, -0.2) is 13.4 Å². The van der Waals surface area contributed by atoms with Gasteiger partial charge in [0, 0.05) is 19.5 Å². The van der Waals surface area contributed by atoms with Gasteiger partial charge in [-0.1, -0.05) is 48.9 Å². The number of aromatic nitrogens is 3. The average molecular weight is 587 g/mol. The quantitative estimate of drug-likeness (QED) is 0.333. The molecule has 2 fully saturated rings. The summed E-state index contributed by atoms with van der Waals surface area (Å²) in [6, 6.07) is 11.4. The lowest BCUT2D eigenvalue weighted by Gasteiger charge is -2.26. The number of rotatable bonds is 12. The van der Waals surface area contributed by atoms with Gasteiger partial charge in [0.05, 0.1) is 28.9 Å². The predicted octanol–water partition coefficient (Wildman–Crippen LogP) is 4.04. The van der Waals surface area contributed by atoms with E-state index in [-0.39, 0.29) is 40.9 Å². The third kappa shape index (κ3) is 6.31. The Morgan fingerprint density at radius 1 is 1.23 bits per heavy atom. The number of benzene rings is 1. The van der Waals surface area contributed by atoms with Gasteiger partial charge in [0.1, 0.15) is 5.82 Å². The number of hydrogen-bond acceptors (Lipinski definition) is 9. The van der Waals surface area contributed by atoms with Gasteiger partial charge in [-0.3, -0.25) is 9.10 Å². The van der Waals surface area contributed by atoms with Crippen molar-refractivity contribution in [3.05, 3.63) is 52.9 Å². The van der Waals surface area contributed by atoms with Gasteiger partial charge >= 0.3 is 0 Å². The van der Waals surface area contributed by atoms with Gasteiger partial charge in [0.2, 0.25) is 21.8 Å². The summed E-state index contributed by atoms with van der Waals surface area (Å²) in [5.41, 5.74) is 6.97. The number of ketones is 1. The summed E-state index contributed by atoms with van der Waals surface area (Å²) in [7, 11) is -2.32. The molecular weight excluding hydrogens is 552 g/mol. The Morgan fingerprint density at radius 2 is 1.90 bits per heavy atom. The summed E-state index contributed by atoms with van der Waals surface area (Å²) in [6.07, 6.45) is 4.41. The highest BCUT2D eigenvalue weighted by Gasteiger charge is 2.38. The van der Waals surface area contributed by atoms with Crippen LogP contribution in [0, 0.1) is 17.8 Å². The van der Waals surface area contributed by atoms with Crippen LogP contribution in [0.3, 0.4) is 0 Å². The van der Waals surface area contributed by atoms with Gasteiger partial charge in [0.15, 0.2) is 11.6 Å². The lowest BCUT2D eigenvalue weighted by molar-refractivity contribution is -0.118. The summed E-state index contributed by atoms with van der Waals surface area (Å²) in [5.74, 6) is 1.96. The van der Waals surface area contributed by atoms with E-state index >= 15 is 0 Å². The second-order valence-electron chi connectivity index (χ2n) is 11.5. The van der Waals surface area contributed by atoms with Crippen LogP contribution in [0.2, 0.25) is 5.02 Å². The van der Waals surface area contributed by atoms with Crippen LogP contribution in [0.25, 0.3) is 11.5 Å². The van der Waals surface area contributed by atoms with E-state index in [1.54, 1.807) is 6.07 Å². The number of sulfonamides is 1. The van der Waals surface area contributed by atoms with Crippen LogP contribution in [0.15, 0.2) is 40.8 Å². The number of carbonyl (C=O) groups is 1. The molecule has 0 saturated heterocycles. The van der Waals surface area contributed by atoms with Crippen LogP contribution in [0.5, 0.6) is 0 Å². The smallest absolute Gasteiger partial charge is 0.249 e. The van der Waals surface area contributed by atoms with Crippen LogP contribution in [-0.2, 0) is 26.8 Å². The van der Waals surface area contributed by atoms with Crippen molar-refractivity contribution in [1.29, 1.82) is 0 Å². The number of nitrogens with two attached hydrogens (primary N) is 1. The van der Waals surface area contributed by atoms with Crippen molar-refractivity contribution in [1.82, 2.24) is 15.2 Å². The summed E-state index contributed by atoms with van der Waals surface area (Å²) in [5, 5.41) is 8.51. The highest BCUT2D eigenvalue weighted by atomic mass is 35.5. The van der Waals surface area contributed by atoms with Gasteiger partial charge < -0.3 is 15.1 Å². The monoisotopic (exact) mass is 586 g/mol. The normalized spacial score (nSPS) is 20.1. The third-order valence-electron chi connectivity index (χ3n) is 7.71. The van der Waals surface area contributed by atoms with Crippen LogP contribution >= 0.6 is 11.6 Å². The Kier molecular flexibility index (Phi) is 7.66. The molecule has 2 N–H and O–H groups in total. The standard InChI is InChI=1S/C28H35ClN6O4S/c1-17-12-20(17)15-35(16-22(36)19-10-11-19)23-13-21(24(29)25(31-23)34(3)40(4,37)38)26-32-33-27(39-26)28(2,30)14-18-8-6-5-7-9-18/h5-9,13,17,19-20H,10-12,14-16,30H2,1-4H3/t17-,20+,28-/m1/s1. The van der Waals surface area contributed by atoms with Crippen molar-refractivity contribution in [2.24, 2.45) is 23.5 Å². The van der Waals surface area contributed by atoms with E-state index in [1.807, 2.05) is 42.2 Å². The summed E-state index contributed by atoms with van der Waals surface area (Å²) >= 11 is 6.77. The summed E-state index contributed by atoms with van der Waals surface area (Å²) in [6.45, 7) is 4.80. The molecule has 12 heteroatoms. The molecule has 2 saturated carbocycles. The molecule has 40 heavy (non-hydrogen) atoms. The number of halogens is 1. The van der Waals surface area contributed by atoms with E-state index in [0.717, 1.165) is 35.4 Å². The molecule has 0 amide bonds. The van der Waals surface area contributed by atoms with Gasteiger partial charge in [-0.15, -0.1) is 10.2 Å². The number of pyridine rings is 1. The van der Waals surface area contributed by atoms with Crippen LogP contribution in [0.4, 0.5) is 11.6 Å². The van der Waals surface area contributed by atoms with E-state index in [1.165, 1.54) is 7.05 Å². The molecule has 0 aliphatic heterocycles. The number of hydrogen-bond donors (Lipinski definition) is 1. The van der Waals surface area contributed by atoms with E-state index in [2.05, 4.69) is 22.1 Å². The fourth-order valence-corrected chi connectivity index (χ4v) is 5.54. The van der Waals surface area contributed by atoms with E-state index in [9.17, 15) is 13.2 Å². The highest BCUT2D eigenvalue weighted by molar-refractivity contribution is 7.92. The van der Waals surface area contributed by atoms with Crippen molar-refractivity contribution in [3.8, 4) is 11.5 Å². The van der Waals surface area contributed by atoms with Crippen molar-refractivity contribution in [2.75, 3.05) is 35.6 Å². The zero-order valence-corrected chi connectivity index (χ0v) is 24.7. The average Bonchev–Trinajstić information content (AvgIpc) is 3.81. The highest BCUT2D eigenvalue weighted by Crippen LogP contribution is 2.42. The van der Waals surface area contributed by atoms with Crippen molar-refractivity contribution in [2.45, 2.75) is 45.1 Å². The molecule has 214 valence electrons. The first-order chi connectivity index (χ1) is 18.8. The largest absolute Gasteiger partial charge is 0.419 e. The third-order valence-corrected chi connectivity index (χ3v) is 9.26. The molecule has 5 rings (SSSR count). The molecular formula is C28H35ClN6O4S. The van der Waals surface area contributed by atoms with Gasteiger partial charge in [-0.05, 0) is 56.1 Å². The fraction of sp³-hybridized carbons (Fsp3) is 0.500. The maximum Gasteiger partial charge on any atom is 0.249 e. The molecule has 0 spiro atoms. The second-order valence-corrected chi connectivity index (χ2v) is 13.9. The lowest BCUT2D eigenvalue weighted by atomic mass is 9.94. The fourth-order valence-electron chi connectivity index (χ4n) is 4.74. The summed E-state index contributed by atoms with van der Waals surface area (Å²) < 4.78 is 32.1. The molecule has 2 heterocycles.